The van der Waals surface area contributed by atoms with E-state index in [0.29, 0.717) is 34.1 Å². The fraction of sp³-hybridized carbons (Fsp3) is 0.400. The number of imidazole rings is 1. The van der Waals surface area contributed by atoms with Crippen molar-refractivity contribution in [3.8, 4) is 17.3 Å². The van der Waals surface area contributed by atoms with Crippen LogP contribution in [0.5, 0.6) is 0 Å². The van der Waals surface area contributed by atoms with E-state index in [1.165, 1.54) is 12.8 Å². The number of hydrogen-bond donors (Lipinski definition) is 2. The largest absolute Gasteiger partial charge is 0.365 e. The van der Waals surface area contributed by atoms with Gasteiger partial charge in [0.05, 0.1) is 0 Å². The first-order chi connectivity index (χ1) is 12.6. The quantitative estimate of drug-likeness (QED) is 0.677. The van der Waals surface area contributed by atoms with Crippen molar-refractivity contribution < 1.29 is 0 Å². The zero-order chi connectivity index (χ0) is 18.3. The van der Waals surface area contributed by atoms with Gasteiger partial charge >= 0.3 is 0 Å². The molecule has 4 rings (SSSR count). The molecule has 6 heteroatoms. The highest BCUT2D eigenvalue weighted by atomic mass is 35.5. The molecule has 0 amide bonds. The van der Waals surface area contributed by atoms with Crippen LogP contribution >= 0.6 is 11.6 Å². The van der Waals surface area contributed by atoms with Gasteiger partial charge in [0.1, 0.15) is 17.3 Å². The lowest BCUT2D eigenvalue weighted by Crippen LogP contribution is -2.35. The summed E-state index contributed by atoms with van der Waals surface area (Å²) in [6, 6.07) is 10.3. The predicted octanol–water partition coefficient (Wildman–Crippen LogP) is 5.09. The fourth-order valence-electron chi connectivity index (χ4n) is 3.91. The molecule has 0 spiro atoms. The maximum Gasteiger partial charge on any atom is 0.173 e. The number of benzene rings is 1. The fourth-order valence-corrected chi connectivity index (χ4v) is 4.03. The molecule has 1 saturated carbocycles. The number of nitriles is 1. The smallest absolute Gasteiger partial charge is 0.173 e. The van der Waals surface area contributed by atoms with Crippen LogP contribution < -0.4 is 5.32 Å². The summed E-state index contributed by atoms with van der Waals surface area (Å²) in [5.41, 5.74) is 3.01. The van der Waals surface area contributed by atoms with Gasteiger partial charge in [0.15, 0.2) is 11.5 Å². The molecule has 1 aliphatic carbocycles. The van der Waals surface area contributed by atoms with E-state index in [4.69, 9.17) is 16.6 Å². The highest BCUT2D eigenvalue weighted by Crippen LogP contribution is 2.35. The lowest BCUT2D eigenvalue weighted by Gasteiger charge is -2.35. The molecule has 134 valence electrons. The standard InChI is InChI=1S/C20H22ClN5/c1-12-4-3-5-17(13(12)2)24-20-18(14-6-8-16(21)9-7-14)25-19-15(10-22)11-23-26(19)20/h6-9,11-13,17,23-24H,3-5H2,1-2H3. The molecule has 0 radical (unpaired) electrons. The Balaban J connectivity index is 1.80. The molecule has 3 atom stereocenters. The Kier molecular flexibility index (Phi) is 4.37. The zero-order valence-electron chi connectivity index (χ0n) is 15.0. The van der Waals surface area contributed by atoms with Crippen molar-refractivity contribution in [3.63, 3.8) is 0 Å². The van der Waals surface area contributed by atoms with Gasteiger partial charge < -0.3 is 5.32 Å². The first kappa shape index (κ1) is 17.0. The van der Waals surface area contributed by atoms with Crippen LogP contribution in [0.1, 0.15) is 38.7 Å². The highest BCUT2D eigenvalue weighted by Gasteiger charge is 2.29. The highest BCUT2D eigenvalue weighted by molar-refractivity contribution is 6.30. The second-order valence-electron chi connectivity index (χ2n) is 7.29. The topological polar surface area (TPSA) is 68.9 Å². The number of aromatic amines is 1. The van der Waals surface area contributed by atoms with Crippen molar-refractivity contribution >= 4 is 23.1 Å². The lowest BCUT2D eigenvalue weighted by atomic mass is 9.78. The molecule has 5 nitrogen and oxygen atoms in total. The van der Waals surface area contributed by atoms with E-state index in [1.807, 2.05) is 28.8 Å². The summed E-state index contributed by atoms with van der Waals surface area (Å²) in [5.74, 6) is 2.19. The number of halogens is 1. The predicted molar refractivity (Wildman–Crippen MR) is 104 cm³/mol. The summed E-state index contributed by atoms with van der Waals surface area (Å²) in [7, 11) is 0. The third-order valence-electron chi connectivity index (χ3n) is 5.72. The van der Waals surface area contributed by atoms with E-state index in [-0.39, 0.29) is 0 Å². The number of hydrogen-bond acceptors (Lipinski definition) is 3. The van der Waals surface area contributed by atoms with Gasteiger partial charge in [0.2, 0.25) is 0 Å². The molecule has 3 aromatic rings. The molecule has 1 aliphatic rings. The maximum absolute atomic E-state index is 9.37. The third-order valence-corrected chi connectivity index (χ3v) is 5.98. The lowest BCUT2D eigenvalue weighted by molar-refractivity contribution is 0.252. The second kappa shape index (κ2) is 6.69. The Morgan fingerprint density at radius 2 is 2.04 bits per heavy atom. The molecule has 1 aromatic carbocycles. The molecule has 0 saturated heterocycles. The monoisotopic (exact) mass is 367 g/mol. The molecule has 3 unspecified atom stereocenters. The van der Waals surface area contributed by atoms with Crippen molar-refractivity contribution in [2.24, 2.45) is 11.8 Å². The third kappa shape index (κ3) is 2.85. The summed E-state index contributed by atoms with van der Waals surface area (Å²) >= 11 is 6.04. The molecule has 26 heavy (non-hydrogen) atoms. The normalized spacial score (nSPS) is 23.1. The van der Waals surface area contributed by atoms with Crippen LogP contribution in [0.15, 0.2) is 30.5 Å². The molecular weight excluding hydrogens is 346 g/mol. The molecule has 1 fully saturated rings. The Hall–Kier alpha value is -2.45. The maximum atomic E-state index is 9.37. The van der Waals surface area contributed by atoms with Gasteiger partial charge in [-0.1, -0.05) is 50.4 Å². The van der Waals surface area contributed by atoms with Crippen molar-refractivity contribution in [1.29, 1.82) is 5.26 Å². The van der Waals surface area contributed by atoms with Gasteiger partial charge in [-0.3, -0.25) is 5.10 Å². The van der Waals surface area contributed by atoms with Crippen LogP contribution in [0.25, 0.3) is 16.9 Å². The van der Waals surface area contributed by atoms with Crippen molar-refractivity contribution in [3.05, 3.63) is 41.0 Å². The van der Waals surface area contributed by atoms with E-state index in [9.17, 15) is 5.26 Å². The van der Waals surface area contributed by atoms with Crippen LogP contribution in [0.3, 0.4) is 0 Å². The average molecular weight is 368 g/mol. The minimum atomic E-state index is 0.388. The van der Waals surface area contributed by atoms with Crippen LogP contribution in [0.4, 0.5) is 5.82 Å². The van der Waals surface area contributed by atoms with Gasteiger partial charge in [-0.15, -0.1) is 0 Å². The van der Waals surface area contributed by atoms with Crippen LogP contribution in [0.2, 0.25) is 5.02 Å². The zero-order valence-corrected chi connectivity index (χ0v) is 15.7. The van der Waals surface area contributed by atoms with E-state index in [0.717, 1.165) is 23.5 Å². The SMILES string of the molecule is CC1CCCC(Nc2c(-c3ccc(Cl)cc3)nc3c(C#N)c[nH]n23)C1C. The molecule has 0 aliphatic heterocycles. The first-order valence-electron chi connectivity index (χ1n) is 9.11. The molecular formula is C20H22ClN5. The average Bonchev–Trinajstić information content (AvgIpc) is 3.19. The van der Waals surface area contributed by atoms with Crippen LogP contribution in [-0.2, 0) is 0 Å². The number of aromatic nitrogens is 3. The van der Waals surface area contributed by atoms with Gasteiger partial charge in [0.25, 0.3) is 0 Å². The van der Waals surface area contributed by atoms with E-state index in [2.05, 4.69) is 30.3 Å². The number of anilines is 1. The number of rotatable bonds is 3. The Morgan fingerprint density at radius 3 is 2.77 bits per heavy atom. The van der Waals surface area contributed by atoms with E-state index < -0.39 is 0 Å². The molecule has 0 bridgehead atoms. The summed E-state index contributed by atoms with van der Waals surface area (Å²) < 4.78 is 1.88. The van der Waals surface area contributed by atoms with E-state index in [1.54, 1.807) is 6.20 Å². The Morgan fingerprint density at radius 1 is 1.27 bits per heavy atom. The van der Waals surface area contributed by atoms with Crippen molar-refractivity contribution in [1.82, 2.24) is 14.6 Å². The minimum absolute atomic E-state index is 0.388. The van der Waals surface area contributed by atoms with Crippen molar-refractivity contribution in [2.45, 2.75) is 39.2 Å². The Labute approximate surface area is 158 Å². The summed E-state index contributed by atoms with van der Waals surface area (Å²) in [6.07, 6.45) is 5.36. The van der Waals surface area contributed by atoms with Gasteiger partial charge in [-0.2, -0.15) is 5.26 Å². The number of nitrogens with one attached hydrogen (secondary N) is 2. The van der Waals surface area contributed by atoms with Gasteiger partial charge in [-0.25, -0.2) is 9.50 Å². The summed E-state index contributed by atoms with van der Waals surface area (Å²) in [6.45, 7) is 4.64. The number of H-pyrrole nitrogens is 1. The van der Waals surface area contributed by atoms with Crippen LogP contribution in [0, 0.1) is 23.2 Å². The molecule has 2 aromatic heterocycles. The first-order valence-corrected chi connectivity index (χ1v) is 9.48. The summed E-state index contributed by atoms with van der Waals surface area (Å²) in [5, 5.41) is 17.0. The number of nitrogens with zero attached hydrogens (tertiary/aromatic N) is 3. The second-order valence-corrected chi connectivity index (χ2v) is 7.73. The van der Waals surface area contributed by atoms with Crippen molar-refractivity contribution in [2.75, 3.05) is 5.32 Å². The number of fused-ring (bicyclic) bond motifs is 1. The van der Waals surface area contributed by atoms with Gasteiger partial charge in [-0.05, 0) is 30.4 Å². The Bertz CT molecular complexity index is 963. The van der Waals surface area contributed by atoms with E-state index >= 15 is 0 Å². The molecule has 2 heterocycles. The minimum Gasteiger partial charge on any atom is -0.365 e. The van der Waals surface area contributed by atoms with Gasteiger partial charge in [0, 0.05) is 22.8 Å². The summed E-state index contributed by atoms with van der Waals surface area (Å²) in [4.78, 5) is 4.76. The van der Waals surface area contributed by atoms with Crippen LogP contribution in [-0.4, -0.2) is 20.6 Å². The molecule has 2 N–H and O–H groups in total.